The molecule has 0 fully saturated rings. The molecule has 27 heavy (non-hydrogen) atoms. The molecule has 1 N–H and O–H groups in total. The number of nitrogens with one attached hydrogen (secondary N) is 1. The highest BCUT2D eigenvalue weighted by Gasteiger charge is 2.24. The van der Waals surface area contributed by atoms with Crippen LogP contribution in [0.4, 0.5) is 0 Å². The summed E-state index contributed by atoms with van der Waals surface area (Å²) in [5.41, 5.74) is 3.88. The molecule has 0 aliphatic heterocycles. The van der Waals surface area contributed by atoms with E-state index in [0.717, 1.165) is 29.7 Å². The van der Waals surface area contributed by atoms with E-state index in [1.165, 1.54) is 11.6 Å². The van der Waals surface area contributed by atoms with Gasteiger partial charge in [0.1, 0.15) is 5.75 Å². The first kappa shape index (κ1) is 18.7. The zero-order chi connectivity index (χ0) is 19.2. The molecule has 1 aliphatic rings. The Hall–Kier alpha value is -3.08. The average Bonchev–Trinajstić information content (AvgIpc) is 3.08. The smallest absolute Gasteiger partial charge is 0.330 e. The molecule has 140 valence electrons. The second kappa shape index (κ2) is 8.54. The first-order chi connectivity index (χ1) is 13.1. The molecule has 5 heteroatoms. The second-order valence-electron chi connectivity index (χ2n) is 6.34. The Kier molecular flexibility index (Phi) is 5.91. The van der Waals surface area contributed by atoms with Crippen LogP contribution in [0.1, 0.15) is 46.4 Å². The Labute approximate surface area is 159 Å². The van der Waals surface area contributed by atoms with Crippen LogP contribution in [0, 0.1) is 0 Å². The van der Waals surface area contributed by atoms with Crippen LogP contribution < -0.4 is 10.1 Å². The Morgan fingerprint density at radius 3 is 2.67 bits per heavy atom. The molecule has 5 nitrogen and oxygen atoms in total. The summed E-state index contributed by atoms with van der Waals surface area (Å²) < 4.78 is 10.0. The topological polar surface area (TPSA) is 64.6 Å². The normalized spacial score (nSPS) is 15.4. The van der Waals surface area contributed by atoms with E-state index in [0.29, 0.717) is 12.2 Å². The number of carbonyl (C=O) groups is 2. The van der Waals surface area contributed by atoms with Crippen LogP contribution in [-0.4, -0.2) is 25.6 Å². The van der Waals surface area contributed by atoms with Gasteiger partial charge < -0.3 is 14.8 Å². The van der Waals surface area contributed by atoms with Crippen molar-refractivity contribution in [2.75, 3.05) is 13.7 Å². The van der Waals surface area contributed by atoms with Crippen LogP contribution in [0.2, 0.25) is 0 Å². The molecule has 0 saturated heterocycles. The fraction of sp³-hybridized carbons (Fsp3) is 0.273. The molecule has 0 radical (unpaired) electrons. The molecule has 0 heterocycles. The van der Waals surface area contributed by atoms with E-state index in [4.69, 9.17) is 9.47 Å². The van der Waals surface area contributed by atoms with Crippen LogP contribution in [0.5, 0.6) is 5.75 Å². The third-order valence-electron chi connectivity index (χ3n) is 4.60. The highest BCUT2D eigenvalue weighted by molar-refractivity contribution is 5.94. The van der Waals surface area contributed by atoms with E-state index in [1.54, 1.807) is 44.4 Å². The molecule has 2 aromatic rings. The van der Waals surface area contributed by atoms with Gasteiger partial charge in [0.2, 0.25) is 0 Å². The molecule has 1 atom stereocenters. The molecule has 1 aliphatic carbocycles. The van der Waals surface area contributed by atoms with Gasteiger partial charge in [0.25, 0.3) is 5.91 Å². The molecule has 1 unspecified atom stereocenters. The van der Waals surface area contributed by atoms with Crippen LogP contribution >= 0.6 is 0 Å². The van der Waals surface area contributed by atoms with Crippen molar-refractivity contribution in [1.82, 2.24) is 5.32 Å². The van der Waals surface area contributed by atoms with Crippen molar-refractivity contribution in [3.05, 3.63) is 70.8 Å². The van der Waals surface area contributed by atoms with E-state index in [2.05, 4.69) is 11.4 Å². The minimum Gasteiger partial charge on any atom is -0.497 e. The summed E-state index contributed by atoms with van der Waals surface area (Å²) in [4.78, 5) is 23.9. The van der Waals surface area contributed by atoms with Gasteiger partial charge in [-0.05, 0) is 66.8 Å². The molecule has 3 rings (SSSR count). The van der Waals surface area contributed by atoms with Gasteiger partial charge >= 0.3 is 5.97 Å². The summed E-state index contributed by atoms with van der Waals surface area (Å²) in [5, 5.41) is 3.10. The summed E-state index contributed by atoms with van der Waals surface area (Å²) >= 11 is 0. The minimum atomic E-state index is -0.345. The molecule has 1 amide bonds. The van der Waals surface area contributed by atoms with Crippen molar-refractivity contribution in [3.63, 3.8) is 0 Å². The summed E-state index contributed by atoms with van der Waals surface area (Å²) in [6, 6.07) is 13.1. The quantitative estimate of drug-likeness (QED) is 0.626. The number of hydrogen-bond donors (Lipinski definition) is 1. The van der Waals surface area contributed by atoms with E-state index < -0.39 is 0 Å². The molecular formula is C22H23NO4. The Morgan fingerprint density at radius 2 is 1.96 bits per heavy atom. The van der Waals surface area contributed by atoms with Gasteiger partial charge in [0.15, 0.2) is 0 Å². The lowest BCUT2D eigenvalue weighted by molar-refractivity contribution is -0.137. The highest BCUT2D eigenvalue weighted by Crippen LogP contribution is 2.32. The number of esters is 1. The number of hydrogen-bond acceptors (Lipinski definition) is 4. The van der Waals surface area contributed by atoms with Gasteiger partial charge in [0, 0.05) is 11.6 Å². The lowest BCUT2D eigenvalue weighted by atomic mass is 10.0. The Bertz CT molecular complexity index is 855. The first-order valence-electron chi connectivity index (χ1n) is 9.03. The van der Waals surface area contributed by atoms with Crippen LogP contribution in [0.15, 0.2) is 48.5 Å². The Morgan fingerprint density at radius 1 is 1.19 bits per heavy atom. The molecule has 2 aromatic carbocycles. The fourth-order valence-corrected chi connectivity index (χ4v) is 3.23. The number of ether oxygens (including phenoxy) is 2. The van der Waals surface area contributed by atoms with Crippen molar-refractivity contribution in [3.8, 4) is 5.75 Å². The molecule has 0 bridgehead atoms. The molecule has 0 spiro atoms. The van der Waals surface area contributed by atoms with Crippen LogP contribution in [0.3, 0.4) is 0 Å². The summed E-state index contributed by atoms with van der Waals surface area (Å²) in [6.45, 7) is 2.14. The third-order valence-corrected chi connectivity index (χ3v) is 4.60. The van der Waals surface area contributed by atoms with E-state index in [-0.39, 0.29) is 17.9 Å². The number of benzene rings is 2. The molecular weight excluding hydrogens is 342 g/mol. The summed E-state index contributed by atoms with van der Waals surface area (Å²) in [5.74, 6) is 0.283. The predicted molar refractivity (Wildman–Crippen MR) is 104 cm³/mol. The zero-order valence-corrected chi connectivity index (χ0v) is 15.5. The fourth-order valence-electron chi connectivity index (χ4n) is 3.23. The summed E-state index contributed by atoms with van der Waals surface area (Å²) in [7, 11) is 1.60. The maximum Gasteiger partial charge on any atom is 0.330 e. The number of aryl methyl sites for hydroxylation is 1. The lowest BCUT2D eigenvalue weighted by Crippen LogP contribution is -2.27. The number of fused-ring (bicyclic) bond motifs is 1. The van der Waals surface area contributed by atoms with E-state index >= 15 is 0 Å². The number of carbonyl (C=O) groups excluding carboxylic acids is 2. The van der Waals surface area contributed by atoms with Gasteiger partial charge in [-0.3, -0.25) is 4.79 Å². The summed E-state index contributed by atoms with van der Waals surface area (Å²) in [6.07, 6.45) is 4.94. The number of methoxy groups -OCH3 is 1. The largest absolute Gasteiger partial charge is 0.497 e. The van der Waals surface area contributed by atoms with Gasteiger partial charge in [-0.15, -0.1) is 0 Å². The first-order valence-corrected chi connectivity index (χ1v) is 9.03. The van der Waals surface area contributed by atoms with E-state index in [9.17, 15) is 9.59 Å². The lowest BCUT2D eigenvalue weighted by Gasteiger charge is -2.14. The van der Waals surface area contributed by atoms with Gasteiger partial charge in [-0.2, -0.15) is 0 Å². The monoisotopic (exact) mass is 365 g/mol. The SMILES string of the molecule is CCOC(=O)/C=C/c1ccc2c(c1)CCC2NC(=O)c1ccc(OC)cc1. The zero-order valence-electron chi connectivity index (χ0n) is 15.5. The van der Waals surface area contributed by atoms with E-state index in [1.807, 2.05) is 12.1 Å². The van der Waals surface area contributed by atoms with Crippen molar-refractivity contribution in [1.29, 1.82) is 0 Å². The maximum absolute atomic E-state index is 12.5. The van der Waals surface area contributed by atoms with Crippen LogP contribution in [0.25, 0.3) is 6.08 Å². The van der Waals surface area contributed by atoms with Crippen molar-refractivity contribution < 1.29 is 19.1 Å². The molecule has 0 saturated carbocycles. The van der Waals surface area contributed by atoms with Crippen molar-refractivity contribution >= 4 is 18.0 Å². The number of amides is 1. The Balaban J connectivity index is 1.67. The highest BCUT2D eigenvalue weighted by atomic mass is 16.5. The number of rotatable bonds is 6. The third kappa shape index (κ3) is 4.56. The standard InChI is InChI=1S/C22H23NO4/c1-3-27-21(24)13-5-15-4-11-19-17(14-15)8-12-20(19)23-22(25)16-6-9-18(26-2)10-7-16/h4-7,9-11,13-14,20H,3,8,12H2,1-2H3,(H,23,25)/b13-5+. The maximum atomic E-state index is 12.5. The van der Waals surface area contributed by atoms with Crippen LogP contribution in [-0.2, 0) is 16.0 Å². The van der Waals surface area contributed by atoms with Crippen molar-refractivity contribution in [2.45, 2.75) is 25.8 Å². The molecule has 0 aromatic heterocycles. The van der Waals surface area contributed by atoms with Crippen molar-refractivity contribution in [2.24, 2.45) is 0 Å². The van der Waals surface area contributed by atoms with Gasteiger partial charge in [0.05, 0.1) is 19.8 Å². The van der Waals surface area contributed by atoms with Gasteiger partial charge in [-0.1, -0.05) is 18.2 Å². The minimum absolute atomic E-state index is 0.00214. The average molecular weight is 365 g/mol. The van der Waals surface area contributed by atoms with Gasteiger partial charge in [-0.25, -0.2) is 4.79 Å². The predicted octanol–water partition coefficient (Wildman–Crippen LogP) is 3.69. The second-order valence-corrected chi connectivity index (χ2v) is 6.34.